The van der Waals surface area contributed by atoms with Crippen LogP contribution in [-0.4, -0.2) is 48.0 Å². The Kier molecular flexibility index (Phi) is 6.70. The Hall–Kier alpha value is -3.25. The Bertz CT molecular complexity index is 897. The van der Waals surface area contributed by atoms with Crippen LogP contribution in [0.1, 0.15) is 16.9 Å². The highest BCUT2D eigenvalue weighted by atomic mass is 16.1. The van der Waals surface area contributed by atoms with Gasteiger partial charge in [0.1, 0.15) is 11.5 Å². The molecule has 0 unspecified atom stereocenters. The Morgan fingerprint density at radius 1 is 0.964 bits per heavy atom. The first-order valence-electron chi connectivity index (χ1n) is 9.31. The molecule has 0 bridgehead atoms. The van der Waals surface area contributed by atoms with Crippen LogP contribution in [0.25, 0.3) is 11.4 Å². The largest absolute Gasteiger partial charge is 0.351 e. The lowest BCUT2D eigenvalue weighted by molar-refractivity contribution is 0.0947. The van der Waals surface area contributed by atoms with E-state index in [1.165, 1.54) is 0 Å². The molecule has 0 aliphatic carbocycles. The third kappa shape index (κ3) is 5.62. The summed E-state index contributed by atoms with van der Waals surface area (Å²) in [5.41, 5.74) is 2.11. The number of benzene rings is 2. The average Bonchev–Trinajstić information content (AvgIpc) is 2.72. The molecule has 0 spiro atoms. The van der Waals surface area contributed by atoms with Crippen LogP contribution in [0, 0.1) is 0 Å². The van der Waals surface area contributed by atoms with Gasteiger partial charge in [0.25, 0.3) is 5.91 Å². The standard InChI is InChI=1S/C22H25N5O/c1-27(2)15-9-14-23-22(28)19-16-20(24-18-12-7-4-8-13-18)26-21(25-19)17-10-5-3-6-11-17/h3-8,10-13,16H,9,14-15H2,1-2H3,(H,23,28)(H,24,25,26). The number of hydrogen-bond acceptors (Lipinski definition) is 5. The number of nitrogens with zero attached hydrogens (tertiary/aromatic N) is 3. The molecule has 3 aromatic rings. The van der Waals surface area contributed by atoms with Crippen molar-refractivity contribution in [2.75, 3.05) is 32.5 Å². The molecule has 2 N–H and O–H groups in total. The maximum Gasteiger partial charge on any atom is 0.270 e. The van der Waals surface area contributed by atoms with Crippen molar-refractivity contribution in [3.8, 4) is 11.4 Å². The van der Waals surface area contributed by atoms with Gasteiger partial charge >= 0.3 is 0 Å². The van der Waals surface area contributed by atoms with Crippen LogP contribution in [0.3, 0.4) is 0 Å². The Morgan fingerprint density at radius 2 is 1.64 bits per heavy atom. The van der Waals surface area contributed by atoms with Crippen LogP contribution >= 0.6 is 0 Å². The molecule has 0 aliphatic rings. The monoisotopic (exact) mass is 375 g/mol. The normalized spacial score (nSPS) is 10.7. The Balaban J connectivity index is 1.83. The molecule has 1 amide bonds. The fourth-order valence-electron chi connectivity index (χ4n) is 2.70. The second-order valence-electron chi connectivity index (χ2n) is 6.73. The lowest BCUT2D eigenvalue weighted by Crippen LogP contribution is -2.28. The first-order valence-corrected chi connectivity index (χ1v) is 9.31. The van der Waals surface area contributed by atoms with Crippen LogP contribution in [0.4, 0.5) is 11.5 Å². The second kappa shape index (κ2) is 9.62. The minimum atomic E-state index is -0.200. The highest BCUT2D eigenvalue weighted by molar-refractivity contribution is 5.93. The summed E-state index contributed by atoms with van der Waals surface area (Å²) in [5, 5.41) is 6.19. The van der Waals surface area contributed by atoms with Crippen LogP contribution in [0.5, 0.6) is 0 Å². The quantitative estimate of drug-likeness (QED) is 0.589. The Labute approximate surface area is 165 Å². The molecule has 6 heteroatoms. The van der Waals surface area contributed by atoms with E-state index >= 15 is 0 Å². The van der Waals surface area contributed by atoms with Crippen LogP contribution < -0.4 is 10.6 Å². The molecule has 0 radical (unpaired) electrons. The predicted molar refractivity (Wildman–Crippen MR) is 113 cm³/mol. The second-order valence-corrected chi connectivity index (χ2v) is 6.73. The topological polar surface area (TPSA) is 70.2 Å². The van der Waals surface area contributed by atoms with Gasteiger partial charge in [-0.25, -0.2) is 9.97 Å². The number of nitrogens with one attached hydrogen (secondary N) is 2. The van der Waals surface area contributed by atoms with E-state index in [1.807, 2.05) is 74.8 Å². The number of anilines is 2. The highest BCUT2D eigenvalue weighted by Gasteiger charge is 2.13. The number of carbonyl (C=O) groups excluding carboxylic acids is 1. The molecule has 144 valence electrons. The van der Waals surface area contributed by atoms with E-state index in [2.05, 4.69) is 25.5 Å². The number of rotatable bonds is 8. The highest BCUT2D eigenvalue weighted by Crippen LogP contribution is 2.20. The zero-order chi connectivity index (χ0) is 19.8. The van der Waals surface area contributed by atoms with Gasteiger partial charge in [-0.1, -0.05) is 48.5 Å². The fourth-order valence-corrected chi connectivity index (χ4v) is 2.70. The van der Waals surface area contributed by atoms with Crippen molar-refractivity contribution in [1.29, 1.82) is 0 Å². The number of amides is 1. The molecule has 6 nitrogen and oxygen atoms in total. The molecule has 0 saturated heterocycles. The molecule has 0 fully saturated rings. The first-order chi connectivity index (χ1) is 13.6. The number of hydrogen-bond donors (Lipinski definition) is 2. The maximum absolute atomic E-state index is 12.6. The SMILES string of the molecule is CN(C)CCCNC(=O)c1cc(Nc2ccccc2)nc(-c2ccccc2)n1. The Morgan fingerprint density at radius 3 is 2.32 bits per heavy atom. The molecule has 3 rings (SSSR count). The van der Waals surface area contributed by atoms with Crippen molar-refractivity contribution >= 4 is 17.4 Å². The summed E-state index contributed by atoms with van der Waals surface area (Å²) in [6.07, 6.45) is 0.879. The van der Waals surface area contributed by atoms with Crippen molar-refractivity contribution in [3.63, 3.8) is 0 Å². The molecule has 28 heavy (non-hydrogen) atoms. The lowest BCUT2D eigenvalue weighted by atomic mass is 10.2. The summed E-state index contributed by atoms with van der Waals surface area (Å²) in [7, 11) is 4.03. The van der Waals surface area contributed by atoms with E-state index < -0.39 is 0 Å². The third-order valence-corrected chi connectivity index (χ3v) is 4.10. The van der Waals surface area contributed by atoms with Crippen LogP contribution in [-0.2, 0) is 0 Å². The molecular formula is C22H25N5O. The first kappa shape index (κ1) is 19.5. The molecular weight excluding hydrogens is 350 g/mol. The van der Waals surface area contributed by atoms with Crippen molar-refractivity contribution in [2.45, 2.75) is 6.42 Å². The smallest absolute Gasteiger partial charge is 0.270 e. The average molecular weight is 375 g/mol. The number of aromatic nitrogens is 2. The van der Waals surface area contributed by atoms with Gasteiger partial charge in [0, 0.05) is 23.9 Å². The van der Waals surface area contributed by atoms with Crippen molar-refractivity contribution in [2.24, 2.45) is 0 Å². The molecule has 1 aromatic heterocycles. The molecule has 2 aromatic carbocycles. The third-order valence-electron chi connectivity index (χ3n) is 4.10. The van der Waals surface area contributed by atoms with Gasteiger partial charge in [0.05, 0.1) is 0 Å². The summed E-state index contributed by atoms with van der Waals surface area (Å²) >= 11 is 0. The van der Waals surface area contributed by atoms with Crippen molar-refractivity contribution in [3.05, 3.63) is 72.4 Å². The minimum absolute atomic E-state index is 0.200. The van der Waals surface area contributed by atoms with Gasteiger partial charge in [-0.05, 0) is 39.2 Å². The van der Waals surface area contributed by atoms with E-state index in [-0.39, 0.29) is 5.91 Å². The van der Waals surface area contributed by atoms with Gasteiger partial charge in [0.2, 0.25) is 0 Å². The number of para-hydroxylation sites is 1. The molecule has 1 heterocycles. The number of carbonyl (C=O) groups is 1. The summed E-state index contributed by atoms with van der Waals surface area (Å²) in [6, 6.07) is 21.1. The van der Waals surface area contributed by atoms with Gasteiger partial charge in [0.15, 0.2) is 5.82 Å². The van der Waals surface area contributed by atoms with Gasteiger partial charge in [-0.3, -0.25) is 4.79 Å². The molecule has 0 aliphatic heterocycles. The van der Waals surface area contributed by atoms with Crippen LogP contribution in [0.2, 0.25) is 0 Å². The van der Waals surface area contributed by atoms with Crippen LogP contribution in [0.15, 0.2) is 66.7 Å². The van der Waals surface area contributed by atoms with Gasteiger partial charge in [-0.2, -0.15) is 0 Å². The van der Waals surface area contributed by atoms with E-state index in [9.17, 15) is 4.79 Å². The van der Waals surface area contributed by atoms with E-state index in [4.69, 9.17) is 0 Å². The predicted octanol–water partition coefficient (Wildman–Crippen LogP) is 3.57. The van der Waals surface area contributed by atoms with E-state index in [1.54, 1.807) is 6.07 Å². The van der Waals surface area contributed by atoms with E-state index in [0.29, 0.717) is 23.9 Å². The maximum atomic E-state index is 12.6. The van der Waals surface area contributed by atoms with Crippen molar-refractivity contribution < 1.29 is 4.79 Å². The summed E-state index contributed by atoms with van der Waals surface area (Å²) < 4.78 is 0. The summed E-state index contributed by atoms with van der Waals surface area (Å²) in [4.78, 5) is 23.8. The zero-order valence-corrected chi connectivity index (χ0v) is 16.2. The van der Waals surface area contributed by atoms with Gasteiger partial charge in [-0.15, -0.1) is 0 Å². The van der Waals surface area contributed by atoms with Gasteiger partial charge < -0.3 is 15.5 Å². The molecule has 0 atom stereocenters. The van der Waals surface area contributed by atoms with Crippen molar-refractivity contribution in [1.82, 2.24) is 20.2 Å². The molecule has 0 saturated carbocycles. The zero-order valence-electron chi connectivity index (χ0n) is 16.2. The minimum Gasteiger partial charge on any atom is -0.351 e. The van der Waals surface area contributed by atoms with E-state index in [0.717, 1.165) is 24.2 Å². The summed E-state index contributed by atoms with van der Waals surface area (Å²) in [5.74, 6) is 0.896. The summed E-state index contributed by atoms with van der Waals surface area (Å²) in [6.45, 7) is 1.52. The lowest BCUT2D eigenvalue weighted by Gasteiger charge is -2.12. The fraction of sp³-hybridized carbons (Fsp3) is 0.227.